The van der Waals surface area contributed by atoms with E-state index in [1.165, 1.54) is 31.2 Å². The van der Waals surface area contributed by atoms with Crippen LogP contribution < -0.4 is 4.90 Å². The van der Waals surface area contributed by atoms with E-state index in [2.05, 4.69) is 0 Å². The monoisotopic (exact) mass is 370 g/mol. The van der Waals surface area contributed by atoms with Crippen LogP contribution in [0.5, 0.6) is 0 Å². The highest BCUT2D eigenvalue weighted by Gasteiger charge is 2.22. The van der Waals surface area contributed by atoms with Gasteiger partial charge < -0.3 is 9.80 Å². The van der Waals surface area contributed by atoms with Crippen molar-refractivity contribution in [3.8, 4) is 0 Å². The van der Waals surface area contributed by atoms with E-state index in [-0.39, 0.29) is 17.5 Å². The SMILES string of the molecule is CC(=O)c1ccc(N2CCN(C(=O)/C=C/c3ccc(F)cc3)CC2)c(F)c1. The largest absolute Gasteiger partial charge is 0.366 e. The van der Waals surface area contributed by atoms with Gasteiger partial charge in [-0.25, -0.2) is 8.78 Å². The van der Waals surface area contributed by atoms with Crippen LogP contribution in [0, 0.1) is 11.6 Å². The maximum absolute atomic E-state index is 14.3. The molecule has 140 valence electrons. The molecule has 1 amide bonds. The molecule has 1 saturated heterocycles. The Morgan fingerprint density at radius 3 is 2.22 bits per heavy atom. The maximum Gasteiger partial charge on any atom is 0.246 e. The van der Waals surface area contributed by atoms with Crippen molar-refractivity contribution < 1.29 is 18.4 Å². The Bertz CT molecular complexity index is 870. The second-order valence-electron chi connectivity index (χ2n) is 6.42. The van der Waals surface area contributed by atoms with Crippen LogP contribution in [0.4, 0.5) is 14.5 Å². The van der Waals surface area contributed by atoms with Crippen LogP contribution in [0.1, 0.15) is 22.8 Å². The predicted molar refractivity (Wildman–Crippen MR) is 101 cm³/mol. The van der Waals surface area contributed by atoms with Crippen LogP contribution in [0.2, 0.25) is 0 Å². The Morgan fingerprint density at radius 1 is 0.963 bits per heavy atom. The Morgan fingerprint density at radius 2 is 1.63 bits per heavy atom. The molecule has 3 rings (SSSR count). The lowest BCUT2D eigenvalue weighted by Gasteiger charge is -2.35. The number of nitrogens with zero attached hydrogens (tertiary/aromatic N) is 2. The average Bonchev–Trinajstić information content (AvgIpc) is 2.67. The molecule has 0 spiro atoms. The Balaban J connectivity index is 1.59. The first-order valence-corrected chi connectivity index (χ1v) is 8.72. The molecule has 1 fully saturated rings. The number of halogens is 2. The molecular formula is C21H20F2N2O2. The smallest absolute Gasteiger partial charge is 0.246 e. The lowest BCUT2D eigenvalue weighted by Crippen LogP contribution is -2.48. The summed E-state index contributed by atoms with van der Waals surface area (Å²) in [6, 6.07) is 10.4. The van der Waals surface area contributed by atoms with Gasteiger partial charge in [0.2, 0.25) is 5.91 Å². The first-order valence-electron chi connectivity index (χ1n) is 8.72. The van der Waals surface area contributed by atoms with Crippen molar-refractivity contribution in [2.75, 3.05) is 31.1 Å². The summed E-state index contributed by atoms with van der Waals surface area (Å²) in [4.78, 5) is 27.2. The first-order chi connectivity index (χ1) is 12.9. The van der Waals surface area contributed by atoms with Crippen LogP contribution in [0.25, 0.3) is 6.08 Å². The Labute approximate surface area is 156 Å². The number of anilines is 1. The van der Waals surface area contributed by atoms with Crippen molar-refractivity contribution in [1.82, 2.24) is 4.90 Å². The minimum Gasteiger partial charge on any atom is -0.366 e. The van der Waals surface area contributed by atoms with E-state index < -0.39 is 5.82 Å². The molecule has 1 heterocycles. The van der Waals surface area contributed by atoms with Crippen molar-refractivity contribution in [3.63, 3.8) is 0 Å². The molecule has 2 aromatic rings. The molecule has 0 unspecified atom stereocenters. The average molecular weight is 370 g/mol. The maximum atomic E-state index is 14.3. The number of carbonyl (C=O) groups excluding carboxylic acids is 2. The van der Waals surface area contributed by atoms with Gasteiger partial charge in [0.05, 0.1) is 5.69 Å². The first kappa shape index (κ1) is 18.8. The van der Waals surface area contributed by atoms with Crippen LogP contribution in [0.15, 0.2) is 48.5 Å². The van der Waals surface area contributed by atoms with Gasteiger partial charge in [-0.2, -0.15) is 0 Å². The molecule has 1 aliphatic rings. The Hall–Kier alpha value is -3.02. The third-order valence-electron chi connectivity index (χ3n) is 4.57. The molecule has 0 aromatic heterocycles. The van der Waals surface area contributed by atoms with E-state index in [1.54, 1.807) is 35.2 Å². The fraction of sp³-hybridized carbons (Fsp3) is 0.238. The standard InChI is InChI=1S/C21H20F2N2O2/c1-15(26)17-5-8-20(19(23)14-17)24-10-12-25(13-11-24)21(27)9-4-16-2-6-18(22)7-3-16/h2-9,14H,10-13H2,1H3/b9-4+. The summed E-state index contributed by atoms with van der Waals surface area (Å²) in [7, 11) is 0. The van der Waals surface area contributed by atoms with Gasteiger partial charge in [0, 0.05) is 37.8 Å². The van der Waals surface area contributed by atoms with Gasteiger partial charge in [0.15, 0.2) is 5.78 Å². The number of hydrogen-bond donors (Lipinski definition) is 0. The summed E-state index contributed by atoms with van der Waals surface area (Å²) in [6.07, 6.45) is 3.11. The van der Waals surface area contributed by atoms with Gasteiger partial charge in [-0.15, -0.1) is 0 Å². The molecule has 0 bridgehead atoms. The number of ketones is 1. The zero-order valence-corrected chi connectivity index (χ0v) is 15.0. The van der Waals surface area contributed by atoms with Crippen molar-refractivity contribution in [2.45, 2.75) is 6.92 Å². The van der Waals surface area contributed by atoms with Crippen molar-refractivity contribution in [2.24, 2.45) is 0 Å². The fourth-order valence-corrected chi connectivity index (χ4v) is 3.00. The van der Waals surface area contributed by atoms with Gasteiger partial charge in [-0.1, -0.05) is 12.1 Å². The van der Waals surface area contributed by atoms with Crippen LogP contribution in [0.3, 0.4) is 0 Å². The lowest BCUT2D eigenvalue weighted by atomic mass is 10.1. The number of benzene rings is 2. The van der Waals surface area contributed by atoms with Gasteiger partial charge in [0.1, 0.15) is 11.6 Å². The van der Waals surface area contributed by atoms with E-state index in [1.807, 2.05) is 4.90 Å². The van der Waals surface area contributed by atoms with E-state index >= 15 is 0 Å². The van der Waals surface area contributed by atoms with Crippen LogP contribution in [-0.2, 0) is 4.79 Å². The molecule has 0 atom stereocenters. The summed E-state index contributed by atoms with van der Waals surface area (Å²) in [5.74, 6) is -1.06. The van der Waals surface area contributed by atoms with Crippen LogP contribution in [-0.4, -0.2) is 42.8 Å². The van der Waals surface area contributed by atoms with Crippen molar-refractivity contribution in [1.29, 1.82) is 0 Å². The predicted octanol–water partition coefficient (Wildman–Crippen LogP) is 3.53. The highest BCUT2D eigenvalue weighted by atomic mass is 19.1. The van der Waals surface area contributed by atoms with Crippen molar-refractivity contribution in [3.05, 3.63) is 71.3 Å². The zero-order chi connectivity index (χ0) is 19.4. The summed E-state index contributed by atoms with van der Waals surface area (Å²) < 4.78 is 27.2. The number of piperazine rings is 1. The molecule has 0 N–H and O–H groups in total. The summed E-state index contributed by atoms with van der Waals surface area (Å²) in [5, 5.41) is 0. The summed E-state index contributed by atoms with van der Waals surface area (Å²) in [5.41, 5.74) is 1.53. The number of amides is 1. The van der Waals surface area contributed by atoms with E-state index in [4.69, 9.17) is 0 Å². The second-order valence-corrected chi connectivity index (χ2v) is 6.42. The highest BCUT2D eigenvalue weighted by molar-refractivity contribution is 5.94. The van der Waals surface area contributed by atoms with E-state index in [0.29, 0.717) is 37.4 Å². The molecular weight excluding hydrogens is 350 g/mol. The zero-order valence-electron chi connectivity index (χ0n) is 15.0. The normalized spacial score (nSPS) is 14.6. The molecule has 4 nitrogen and oxygen atoms in total. The topological polar surface area (TPSA) is 40.6 Å². The second kappa shape index (κ2) is 8.12. The Kier molecular flexibility index (Phi) is 5.64. The van der Waals surface area contributed by atoms with E-state index in [9.17, 15) is 18.4 Å². The fourth-order valence-electron chi connectivity index (χ4n) is 3.00. The molecule has 0 aliphatic carbocycles. The minimum atomic E-state index is -0.432. The lowest BCUT2D eigenvalue weighted by molar-refractivity contribution is -0.126. The minimum absolute atomic E-state index is 0.133. The van der Waals surface area contributed by atoms with Crippen LogP contribution >= 0.6 is 0 Å². The molecule has 1 aliphatic heterocycles. The van der Waals surface area contributed by atoms with Crippen molar-refractivity contribution >= 4 is 23.5 Å². The highest BCUT2D eigenvalue weighted by Crippen LogP contribution is 2.22. The molecule has 27 heavy (non-hydrogen) atoms. The molecule has 0 saturated carbocycles. The number of rotatable bonds is 4. The third kappa shape index (κ3) is 4.58. The van der Waals surface area contributed by atoms with E-state index in [0.717, 1.165) is 5.56 Å². The van der Waals surface area contributed by atoms with Gasteiger partial charge in [0.25, 0.3) is 0 Å². The molecule has 6 heteroatoms. The number of hydrogen-bond acceptors (Lipinski definition) is 3. The van der Waals surface area contributed by atoms with Gasteiger partial charge in [-0.3, -0.25) is 9.59 Å². The number of carbonyl (C=O) groups is 2. The van der Waals surface area contributed by atoms with Gasteiger partial charge >= 0.3 is 0 Å². The summed E-state index contributed by atoms with van der Waals surface area (Å²) >= 11 is 0. The molecule has 2 aromatic carbocycles. The third-order valence-corrected chi connectivity index (χ3v) is 4.57. The number of Topliss-reactive ketones (excluding diaryl/α,β-unsaturated/α-hetero) is 1. The quantitative estimate of drug-likeness (QED) is 0.611. The molecule has 0 radical (unpaired) electrons. The van der Waals surface area contributed by atoms with Gasteiger partial charge in [-0.05, 0) is 48.9 Å². The summed E-state index contributed by atoms with van der Waals surface area (Å²) in [6.45, 7) is 3.36.